The highest BCUT2D eigenvalue weighted by atomic mass is 32.2. The molecule has 1 unspecified atom stereocenters. The Morgan fingerprint density at radius 1 is 1.15 bits per heavy atom. The van der Waals surface area contributed by atoms with Crippen LogP contribution in [-0.4, -0.2) is 36.8 Å². The van der Waals surface area contributed by atoms with Gasteiger partial charge >= 0.3 is 0 Å². The Balaban J connectivity index is 1.60. The van der Waals surface area contributed by atoms with E-state index in [2.05, 4.69) is 31.2 Å². The molecule has 0 aliphatic carbocycles. The normalized spacial score (nSPS) is 17.9. The van der Waals surface area contributed by atoms with Crippen LogP contribution in [-0.2, 0) is 4.79 Å². The molecule has 2 aromatic carbocycles. The largest absolute Gasteiger partial charge is 0.497 e. The second-order valence-corrected chi connectivity index (χ2v) is 7.75. The van der Waals surface area contributed by atoms with Gasteiger partial charge in [0.2, 0.25) is 5.91 Å². The Hall–Kier alpha value is -2.20. The maximum absolute atomic E-state index is 12.6. The summed E-state index contributed by atoms with van der Waals surface area (Å²) in [6.45, 7) is 3.78. The molecule has 0 aromatic heterocycles. The van der Waals surface area contributed by atoms with Crippen LogP contribution in [0.3, 0.4) is 0 Å². The van der Waals surface area contributed by atoms with E-state index in [1.54, 1.807) is 13.2 Å². The van der Waals surface area contributed by atoms with Gasteiger partial charge in [0.25, 0.3) is 0 Å². The van der Waals surface area contributed by atoms with Gasteiger partial charge in [0.15, 0.2) is 0 Å². The van der Waals surface area contributed by atoms with Crippen molar-refractivity contribution in [2.75, 3.05) is 26.0 Å². The highest BCUT2D eigenvalue weighted by molar-refractivity contribution is 7.99. The molecule has 1 atom stereocenters. The predicted octanol–water partition coefficient (Wildman–Crippen LogP) is 4.72. The van der Waals surface area contributed by atoms with Gasteiger partial charge in [-0.2, -0.15) is 11.8 Å². The van der Waals surface area contributed by atoms with E-state index in [4.69, 9.17) is 4.74 Å². The zero-order valence-electron chi connectivity index (χ0n) is 15.4. The molecular formula is C22H25NO2S. The minimum absolute atomic E-state index is 0.0897. The van der Waals surface area contributed by atoms with Crippen LogP contribution in [0.5, 0.6) is 5.75 Å². The van der Waals surface area contributed by atoms with Gasteiger partial charge < -0.3 is 9.64 Å². The molecule has 1 aliphatic heterocycles. The lowest BCUT2D eigenvalue weighted by atomic mass is 10.0. The van der Waals surface area contributed by atoms with Gasteiger partial charge in [-0.05, 0) is 48.2 Å². The standard InChI is InChI=1S/C22H25NO2S/c1-17-5-3-4-6-20(17)21-13-14-23(15-16-26-21)22(24)12-9-18-7-10-19(25-2)11-8-18/h3-12,21H,13-16H2,1-2H3/b12-9+. The minimum Gasteiger partial charge on any atom is -0.497 e. The van der Waals surface area contributed by atoms with E-state index in [-0.39, 0.29) is 5.91 Å². The van der Waals surface area contributed by atoms with E-state index >= 15 is 0 Å². The number of carbonyl (C=O) groups excluding carboxylic acids is 1. The number of hydrogen-bond acceptors (Lipinski definition) is 3. The van der Waals surface area contributed by atoms with Crippen LogP contribution in [0.15, 0.2) is 54.6 Å². The number of benzene rings is 2. The van der Waals surface area contributed by atoms with Crippen LogP contribution in [0.4, 0.5) is 0 Å². The first kappa shape index (κ1) is 18.6. The Labute approximate surface area is 160 Å². The van der Waals surface area contributed by atoms with Crippen molar-refractivity contribution in [2.24, 2.45) is 0 Å². The van der Waals surface area contributed by atoms with Crippen LogP contribution in [0, 0.1) is 6.92 Å². The van der Waals surface area contributed by atoms with Crippen molar-refractivity contribution in [3.63, 3.8) is 0 Å². The van der Waals surface area contributed by atoms with Gasteiger partial charge in [-0.1, -0.05) is 36.4 Å². The van der Waals surface area contributed by atoms with Crippen LogP contribution in [0.25, 0.3) is 6.08 Å². The van der Waals surface area contributed by atoms with E-state index in [1.807, 2.05) is 47.0 Å². The summed E-state index contributed by atoms with van der Waals surface area (Å²) in [6.07, 6.45) is 4.55. The van der Waals surface area contributed by atoms with Crippen LogP contribution >= 0.6 is 11.8 Å². The lowest BCUT2D eigenvalue weighted by molar-refractivity contribution is -0.125. The van der Waals surface area contributed by atoms with E-state index in [9.17, 15) is 4.79 Å². The second kappa shape index (κ2) is 8.95. The predicted molar refractivity (Wildman–Crippen MR) is 110 cm³/mol. The topological polar surface area (TPSA) is 29.5 Å². The number of ether oxygens (including phenoxy) is 1. The number of hydrogen-bond donors (Lipinski definition) is 0. The number of amides is 1. The molecule has 0 saturated carbocycles. The molecule has 3 rings (SSSR count). The number of thioether (sulfide) groups is 1. The maximum Gasteiger partial charge on any atom is 0.246 e. The third kappa shape index (κ3) is 4.70. The van der Waals surface area contributed by atoms with Crippen molar-refractivity contribution in [1.82, 2.24) is 4.90 Å². The zero-order valence-corrected chi connectivity index (χ0v) is 16.2. The van der Waals surface area contributed by atoms with E-state index in [1.165, 1.54) is 11.1 Å². The molecule has 4 heteroatoms. The number of rotatable bonds is 4. The summed E-state index contributed by atoms with van der Waals surface area (Å²) < 4.78 is 5.16. The molecule has 0 N–H and O–H groups in total. The molecule has 1 amide bonds. The Bertz CT molecular complexity index is 770. The van der Waals surface area contributed by atoms with Crippen molar-refractivity contribution >= 4 is 23.7 Å². The summed E-state index contributed by atoms with van der Waals surface area (Å²) in [5.74, 6) is 1.88. The average Bonchev–Trinajstić information content (AvgIpc) is 2.93. The first-order chi connectivity index (χ1) is 12.7. The number of nitrogens with zero attached hydrogens (tertiary/aromatic N) is 1. The fraction of sp³-hybridized carbons (Fsp3) is 0.318. The van der Waals surface area contributed by atoms with E-state index in [0.717, 1.165) is 36.6 Å². The smallest absolute Gasteiger partial charge is 0.246 e. The number of methoxy groups -OCH3 is 1. The summed E-state index contributed by atoms with van der Waals surface area (Å²) >= 11 is 1.96. The molecule has 1 saturated heterocycles. The fourth-order valence-corrected chi connectivity index (χ4v) is 4.50. The Morgan fingerprint density at radius 2 is 1.92 bits per heavy atom. The quantitative estimate of drug-likeness (QED) is 0.732. The van der Waals surface area contributed by atoms with Crippen LogP contribution in [0.2, 0.25) is 0 Å². The molecular weight excluding hydrogens is 342 g/mol. The van der Waals surface area contributed by atoms with Gasteiger partial charge in [0.05, 0.1) is 7.11 Å². The highest BCUT2D eigenvalue weighted by Crippen LogP contribution is 2.35. The average molecular weight is 368 g/mol. The van der Waals surface area contributed by atoms with Gasteiger partial charge in [-0.3, -0.25) is 4.79 Å². The summed E-state index contributed by atoms with van der Waals surface area (Å²) in [7, 11) is 1.65. The molecule has 3 nitrogen and oxygen atoms in total. The summed E-state index contributed by atoms with van der Waals surface area (Å²) in [5, 5.41) is 0.472. The van der Waals surface area contributed by atoms with E-state index in [0.29, 0.717) is 5.25 Å². The summed E-state index contributed by atoms with van der Waals surface area (Å²) in [6, 6.07) is 16.3. The monoisotopic (exact) mass is 367 g/mol. The van der Waals surface area contributed by atoms with Crippen molar-refractivity contribution in [1.29, 1.82) is 0 Å². The van der Waals surface area contributed by atoms with Crippen molar-refractivity contribution in [2.45, 2.75) is 18.6 Å². The van der Waals surface area contributed by atoms with Crippen molar-refractivity contribution < 1.29 is 9.53 Å². The Morgan fingerprint density at radius 3 is 2.65 bits per heavy atom. The van der Waals surface area contributed by atoms with Crippen LogP contribution in [0.1, 0.15) is 28.4 Å². The summed E-state index contributed by atoms with van der Waals surface area (Å²) in [4.78, 5) is 14.5. The molecule has 1 aliphatic rings. The number of carbonyl (C=O) groups is 1. The van der Waals surface area contributed by atoms with Crippen molar-refractivity contribution in [3.05, 3.63) is 71.3 Å². The molecule has 0 radical (unpaired) electrons. The maximum atomic E-state index is 12.6. The molecule has 1 heterocycles. The first-order valence-corrected chi connectivity index (χ1v) is 10.0. The molecule has 0 bridgehead atoms. The minimum atomic E-state index is 0.0897. The lowest BCUT2D eigenvalue weighted by Crippen LogP contribution is -2.31. The molecule has 136 valence electrons. The van der Waals surface area contributed by atoms with Gasteiger partial charge in [-0.25, -0.2) is 0 Å². The molecule has 0 spiro atoms. The molecule has 1 fully saturated rings. The first-order valence-electron chi connectivity index (χ1n) is 8.95. The van der Waals surface area contributed by atoms with Gasteiger partial charge in [-0.15, -0.1) is 0 Å². The van der Waals surface area contributed by atoms with Gasteiger partial charge in [0.1, 0.15) is 5.75 Å². The fourth-order valence-electron chi connectivity index (χ4n) is 3.18. The second-order valence-electron chi connectivity index (χ2n) is 6.44. The number of aryl methyl sites for hydroxylation is 1. The zero-order chi connectivity index (χ0) is 18.4. The molecule has 2 aromatic rings. The third-order valence-electron chi connectivity index (χ3n) is 4.72. The third-order valence-corrected chi connectivity index (χ3v) is 6.03. The van der Waals surface area contributed by atoms with E-state index < -0.39 is 0 Å². The SMILES string of the molecule is COc1ccc(/C=C/C(=O)N2CCSC(c3ccccc3C)CC2)cc1. The Kier molecular flexibility index (Phi) is 6.40. The van der Waals surface area contributed by atoms with Gasteiger partial charge in [0, 0.05) is 30.2 Å². The highest BCUT2D eigenvalue weighted by Gasteiger charge is 2.21. The summed E-state index contributed by atoms with van der Waals surface area (Å²) in [5.41, 5.74) is 3.74. The van der Waals surface area contributed by atoms with Crippen molar-refractivity contribution in [3.8, 4) is 5.75 Å². The molecule has 26 heavy (non-hydrogen) atoms. The lowest BCUT2D eigenvalue weighted by Gasteiger charge is -2.19. The van der Waals surface area contributed by atoms with Crippen LogP contribution < -0.4 is 4.74 Å².